The summed E-state index contributed by atoms with van der Waals surface area (Å²) in [5, 5.41) is 2.81. The van der Waals surface area contributed by atoms with E-state index in [-0.39, 0.29) is 5.91 Å². The van der Waals surface area contributed by atoms with Gasteiger partial charge in [-0.1, -0.05) is 6.92 Å². The van der Waals surface area contributed by atoms with Crippen molar-refractivity contribution in [3.05, 3.63) is 24.3 Å². The minimum Gasteiger partial charge on any atom is -0.372 e. The molecule has 0 bridgehead atoms. The van der Waals surface area contributed by atoms with Crippen molar-refractivity contribution >= 4 is 17.3 Å². The number of carbonyl (C=O) groups is 1. The van der Waals surface area contributed by atoms with Gasteiger partial charge in [0, 0.05) is 24.5 Å². The summed E-state index contributed by atoms with van der Waals surface area (Å²) in [6.45, 7) is 8.10. The first-order valence-corrected chi connectivity index (χ1v) is 6.53. The molecule has 1 rings (SSSR count). The highest BCUT2D eigenvalue weighted by atomic mass is 16.2. The van der Waals surface area contributed by atoms with E-state index in [0.717, 1.165) is 24.5 Å². The molecule has 0 spiro atoms. The van der Waals surface area contributed by atoms with Crippen molar-refractivity contribution in [2.75, 3.05) is 23.3 Å². The molecule has 0 radical (unpaired) electrons. The van der Waals surface area contributed by atoms with Crippen LogP contribution in [0, 0.1) is 0 Å². The molecule has 0 heterocycles. The molecule has 0 saturated heterocycles. The van der Waals surface area contributed by atoms with E-state index in [4.69, 9.17) is 5.73 Å². The third-order valence-electron chi connectivity index (χ3n) is 3.04. The molecular formula is C14H23N3O. The number of rotatable bonds is 6. The summed E-state index contributed by atoms with van der Waals surface area (Å²) in [7, 11) is 0. The number of nitrogens with zero attached hydrogens (tertiary/aromatic N) is 1. The Bertz CT molecular complexity index is 371. The number of benzene rings is 1. The van der Waals surface area contributed by atoms with Crippen LogP contribution in [-0.2, 0) is 4.79 Å². The fraction of sp³-hybridized carbons (Fsp3) is 0.500. The van der Waals surface area contributed by atoms with E-state index in [0.29, 0.717) is 6.42 Å². The van der Waals surface area contributed by atoms with Crippen LogP contribution in [0.4, 0.5) is 11.4 Å². The molecule has 0 aromatic heterocycles. The van der Waals surface area contributed by atoms with Crippen molar-refractivity contribution in [3.63, 3.8) is 0 Å². The first kappa shape index (κ1) is 14.5. The van der Waals surface area contributed by atoms with Crippen LogP contribution in [0.5, 0.6) is 0 Å². The number of anilines is 2. The minimum atomic E-state index is -0.438. The van der Waals surface area contributed by atoms with E-state index in [1.165, 1.54) is 0 Å². The second kappa shape index (κ2) is 7.01. The number of nitrogens with two attached hydrogens (primary N) is 1. The van der Waals surface area contributed by atoms with Crippen molar-refractivity contribution in [2.24, 2.45) is 5.73 Å². The number of amides is 1. The van der Waals surface area contributed by atoms with E-state index in [1.807, 2.05) is 31.2 Å². The van der Waals surface area contributed by atoms with Crippen molar-refractivity contribution in [2.45, 2.75) is 33.2 Å². The summed E-state index contributed by atoms with van der Waals surface area (Å²) in [5.74, 6) is -0.131. The van der Waals surface area contributed by atoms with Crippen molar-refractivity contribution < 1.29 is 4.79 Å². The van der Waals surface area contributed by atoms with E-state index in [1.54, 1.807) is 0 Å². The quantitative estimate of drug-likeness (QED) is 0.812. The van der Waals surface area contributed by atoms with Gasteiger partial charge in [-0.25, -0.2) is 0 Å². The summed E-state index contributed by atoms with van der Waals surface area (Å²) in [6.07, 6.45) is 0.642. The molecular weight excluding hydrogens is 226 g/mol. The number of carbonyl (C=O) groups excluding carboxylic acids is 1. The molecule has 0 aliphatic rings. The van der Waals surface area contributed by atoms with Crippen LogP contribution in [0.1, 0.15) is 27.2 Å². The van der Waals surface area contributed by atoms with Gasteiger partial charge in [-0.05, 0) is 44.5 Å². The lowest BCUT2D eigenvalue weighted by molar-refractivity contribution is -0.117. The lowest BCUT2D eigenvalue weighted by atomic mass is 10.2. The second-order valence-electron chi connectivity index (χ2n) is 4.22. The van der Waals surface area contributed by atoms with Crippen LogP contribution in [0.3, 0.4) is 0 Å². The molecule has 3 N–H and O–H groups in total. The molecule has 1 aromatic carbocycles. The van der Waals surface area contributed by atoms with Gasteiger partial charge in [0.05, 0.1) is 6.04 Å². The fourth-order valence-corrected chi connectivity index (χ4v) is 1.76. The molecule has 1 aromatic rings. The minimum absolute atomic E-state index is 0.131. The average molecular weight is 249 g/mol. The van der Waals surface area contributed by atoms with Gasteiger partial charge in [0.25, 0.3) is 0 Å². The van der Waals surface area contributed by atoms with Crippen molar-refractivity contribution in [1.82, 2.24) is 0 Å². The van der Waals surface area contributed by atoms with Crippen LogP contribution in [0.2, 0.25) is 0 Å². The molecule has 0 aliphatic carbocycles. The van der Waals surface area contributed by atoms with E-state index in [2.05, 4.69) is 24.1 Å². The third-order valence-corrected chi connectivity index (χ3v) is 3.04. The monoisotopic (exact) mass is 249 g/mol. The van der Waals surface area contributed by atoms with Gasteiger partial charge in [0.15, 0.2) is 0 Å². The number of hydrogen-bond acceptors (Lipinski definition) is 3. The lowest BCUT2D eigenvalue weighted by Crippen LogP contribution is -2.34. The largest absolute Gasteiger partial charge is 0.372 e. The molecule has 0 saturated carbocycles. The summed E-state index contributed by atoms with van der Waals surface area (Å²) in [4.78, 5) is 13.9. The molecule has 100 valence electrons. The van der Waals surface area contributed by atoms with Crippen LogP contribution in [0.25, 0.3) is 0 Å². The zero-order valence-corrected chi connectivity index (χ0v) is 11.4. The number of nitrogens with one attached hydrogen (secondary N) is 1. The maximum Gasteiger partial charge on any atom is 0.241 e. The maximum absolute atomic E-state index is 11.6. The van der Waals surface area contributed by atoms with Crippen LogP contribution < -0.4 is 16.0 Å². The average Bonchev–Trinajstić information content (AvgIpc) is 2.41. The highest BCUT2D eigenvalue weighted by Gasteiger charge is 2.10. The van der Waals surface area contributed by atoms with E-state index in [9.17, 15) is 4.79 Å². The van der Waals surface area contributed by atoms with Crippen LogP contribution in [0.15, 0.2) is 24.3 Å². The molecule has 0 aliphatic heterocycles. The van der Waals surface area contributed by atoms with Gasteiger partial charge in [-0.15, -0.1) is 0 Å². The Hall–Kier alpha value is -1.55. The Morgan fingerprint density at radius 2 is 1.78 bits per heavy atom. The summed E-state index contributed by atoms with van der Waals surface area (Å²) < 4.78 is 0. The van der Waals surface area contributed by atoms with Crippen LogP contribution in [-0.4, -0.2) is 25.0 Å². The zero-order chi connectivity index (χ0) is 13.5. The Kier molecular flexibility index (Phi) is 5.65. The first-order chi connectivity index (χ1) is 8.62. The van der Waals surface area contributed by atoms with Crippen molar-refractivity contribution in [1.29, 1.82) is 0 Å². The molecule has 18 heavy (non-hydrogen) atoms. The van der Waals surface area contributed by atoms with Gasteiger partial charge < -0.3 is 16.0 Å². The normalized spacial score (nSPS) is 12.0. The molecule has 4 nitrogen and oxygen atoms in total. The predicted octanol–water partition coefficient (Wildman–Crippen LogP) is 2.21. The summed E-state index contributed by atoms with van der Waals surface area (Å²) >= 11 is 0. The van der Waals surface area contributed by atoms with E-state index >= 15 is 0 Å². The topological polar surface area (TPSA) is 58.4 Å². The predicted molar refractivity (Wildman–Crippen MR) is 76.9 cm³/mol. The molecule has 4 heteroatoms. The van der Waals surface area contributed by atoms with Gasteiger partial charge in [-0.2, -0.15) is 0 Å². The Balaban J connectivity index is 2.68. The Labute approximate surface area is 109 Å². The highest BCUT2D eigenvalue weighted by molar-refractivity contribution is 5.94. The van der Waals surface area contributed by atoms with Gasteiger partial charge in [0.2, 0.25) is 5.91 Å². The van der Waals surface area contributed by atoms with Gasteiger partial charge in [-0.3, -0.25) is 4.79 Å². The fourth-order valence-electron chi connectivity index (χ4n) is 1.76. The lowest BCUT2D eigenvalue weighted by Gasteiger charge is -2.21. The highest BCUT2D eigenvalue weighted by Crippen LogP contribution is 2.17. The molecule has 1 amide bonds. The second-order valence-corrected chi connectivity index (χ2v) is 4.22. The summed E-state index contributed by atoms with van der Waals surface area (Å²) in [5.41, 5.74) is 7.62. The zero-order valence-electron chi connectivity index (χ0n) is 11.4. The molecule has 1 atom stereocenters. The molecule has 0 unspecified atom stereocenters. The van der Waals surface area contributed by atoms with E-state index < -0.39 is 6.04 Å². The first-order valence-electron chi connectivity index (χ1n) is 6.53. The van der Waals surface area contributed by atoms with Gasteiger partial charge in [0.1, 0.15) is 0 Å². The smallest absolute Gasteiger partial charge is 0.241 e. The maximum atomic E-state index is 11.6. The Morgan fingerprint density at radius 1 is 1.22 bits per heavy atom. The van der Waals surface area contributed by atoms with Crippen LogP contribution >= 0.6 is 0 Å². The number of hydrogen-bond donors (Lipinski definition) is 2. The van der Waals surface area contributed by atoms with Gasteiger partial charge >= 0.3 is 0 Å². The Morgan fingerprint density at radius 3 is 2.22 bits per heavy atom. The SMILES string of the molecule is CC[C@H](N)C(=O)Nc1ccc(N(CC)CC)cc1. The molecule has 0 fully saturated rings. The standard InChI is InChI=1S/C14H23N3O/c1-4-13(15)14(18)16-11-7-9-12(10-8-11)17(5-2)6-3/h7-10,13H,4-6,15H2,1-3H3,(H,16,18)/t13-/m0/s1. The third kappa shape index (κ3) is 3.74. The summed E-state index contributed by atoms with van der Waals surface area (Å²) in [6, 6.07) is 7.41. The van der Waals surface area contributed by atoms with Crippen molar-refractivity contribution in [3.8, 4) is 0 Å².